The fourth-order valence-electron chi connectivity index (χ4n) is 0.981. The summed E-state index contributed by atoms with van der Waals surface area (Å²) in [6.07, 6.45) is 0. The van der Waals surface area contributed by atoms with Gasteiger partial charge in [-0.05, 0) is 34.9 Å². The molecule has 0 radical (unpaired) electrons. The van der Waals surface area contributed by atoms with Crippen LogP contribution in [0.3, 0.4) is 0 Å². The quantitative estimate of drug-likeness (QED) is 0.605. The van der Waals surface area contributed by atoms with E-state index in [0.29, 0.717) is 16.1 Å². The lowest BCUT2D eigenvalue weighted by molar-refractivity contribution is 0.315. The molecule has 0 bridgehead atoms. The molecule has 0 fully saturated rings. The lowest BCUT2D eigenvalue weighted by Gasteiger charge is -1.91. The van der Waals surface area contributed by atoms with Crippen LogP contribution in [0.25, 0.3) is 11.0 Å². The second kappa shape index (κ2) is 2.20. The van der Waals surface area contributed by atoms with E-state index in [9.17, 15) is 0 Å². The van der Waals surface area contributed by atoms with Crippen molar-refractivity contribution in [2.24, 2.45) is 0 Å². The van der Waals surface area contributed by atoms with Gasteiger partial charge in [0, 0.05) is 0 Å². The third-order valence-corrected chi connectivity index (χ3v) is 1.75. The number of halogens is 1. The van der Waals surface area contributed by atoms with Gasteiger partial charge in [0.25, 0.3) is 0 Å². The van der Waals surface area contributed by atoms with Gasteiger partial charge in [0.05, 0.1) is 5.02 Å². The van der Waals surface area contributed by atoms with E-state index in [1.807, 2.05) is 19.1 Å². The van der Waals surface area contributed by atoms with Crippen molar-refractivity contribution >= 4 is 22.6 Å². The molecule has 0 aliphatic carbocycles. The smallest absolute Gasteiger partial charge is 0.153 e. The van der Waals surface area contributed by atoms with Crippen molar-refractivity contribution < 1.29 is 4.63 Å². The summed E-state index contributed by atoms with van der Waals surface area (Å²) >= 11 is 5.84. The van der Waals surface area contributed by atoms with Crippen LogP contribution in [0.4, 0.5) is 0 Å². The third-order valence-electron chi connectivity index (χ3n) is 1.46. The van der Waals surface area contributed by atoms with Crippen molar-refractivity contribution in [2.45, 2.75) is 6.92 Å². The van der Waals surface area contributed by atoms with E-state index in [1.54, 1.807) is 0 Å². The normalized spacial score (nSPS) is 10.7. The van der Waals surface area contributed by atoms with Gasteiger partial charge >= 0.3 is 0 Å². The molecule has 4 heteroatoms. The van der Waals surface area contributed by atoms with Gasteiger partial charge in [-0.2, -0.15) is 0 Å². The second-order valence-corrected chi connectivity index (χ2v) is 2.79. The van der Waals surface area contributed by atoms with Crippen LogP contribution in [0.1, 0.15) is 5.56 Å². The maximum atomic E-state index is 5.84. The topological polar surface area (TPSA) is 38.9 Å². The molecule has 1 aromatic heterocycles. The Labute approximate surface area is 67.9 Å². The first-order valence-corrected chi connectivity index (χ1v) is 3.53. The molecule has 0 saturated heterocycles. The molecule has 1 heterocycles. The Balaban J connectivity index is 2.91. The van der Waals surface area contributed by atoms with Crippen LogP contribution < -0.4 is 0 Å². The number of rotatable bonds is 0. The minimum atomic E-state index is 0.584. The van der Waals surface area contributed by atoms with E-state index in [1.165, 1.54) is 0 Å². The molecule has 0 amide bonds. The molecule has 2 rings (SSSR count). The van der Waals surface area contributed by atoms with Crippen molar-refractivity contribution in [3.05, 3.63) is 22.7 Å². The molecule has 0 N–H and O–H groups in total. The molecule has 56 valence electrons. The molecule has 11 heavy (non-hydrogen) atoms. The average molecular weight is 169 g/mol. The number of fused-ring (bicyclic) bond motifs is 1. The van der Waals surface area contributed by atoms with Gasteiger partial charge in [0.15, 0.2) is 5.52 Å². The maximum absolute atomic E-state index is 5.84. The Morgan fingerprint density at radius 1 is 1.36 bits per heavy atom. The number of hydrogen-bond acceptors (Lipinski definition) is 3. The fourth-order valence-corrected chi connectivity index (χ4v) is 1.28. The van der Waals surface area contributed by atoms with Gasteiger partial charge in [-0.25, -0.2) is 4.63 Å². The van der Waals surface area contributed by atoms with E-state index in [0.717, 1.165) is 5.56 Å². The van der Waals surface area contributed by atoms with Crippen LogP contribution in [0.2, 0.25) is 5.02 Å². The Morgan fingerprint density at radius 2 is 2.18 bits per heavy atom. The van der Waals surface area contributed by atoms with E-state index >= 15 is 0 Å². The first-order chi connectivity index (χ1) is 5.27. The summed E-state index contributed by atoms with van der Waals surface area (Å²) in [7, 11) is 0. The van der Waals surface area contributed by atoms with Crippen LogP contribution in [0.5, 0.6) is 0 Å². The predicted octanol–water partition coefficient (Wildman–Crippen LogP) is 2.18. The standard InChI is InChI=1S/C7H5ClN2O/c1-4-2-5(8)7-6(3-4)9-11-10-7/h2-3H,1H3. The van der Waals surface area contributed by atoms with Crippen molar-refractivity contribution in [1.82, 2.24) is 10.3 Å². The van der Waals surface area contributed by atoms with Gasteiger partial charge in [0.2, 0.25) is 0 Å². The third kappa shape index (κ3) is 0.973. The van der Waals surface area contributed by atoms with Gasteiger partial charge < -0.3 is 0 Å². The SMILES string of the molecule is Cc1cc(Cl)c2nonc2c1. The highest BCUT2D eigenvalue weighted by atomic mass is 35.5. The highest BCUT2D eigenvalue weighted by Crippen LogP contribution is 2.21. The van der Waals surface area contributed by atoms with Gasteiger partial charge in [-0.3, -0.25) is 0 Å². The Morgan fingerprint density at radius 3 is 3.00 bits per heavy atom. The zero-order chi connectivity index (χ0) is 7.84. The molecular formula is C7H5ClN2O. The summed E-state index contributed by atoms with van der Waals surface area (Å²) in [5, 5.41) is 7.90. The largest absolute Gasteiger partial charge is 0.243 e. The Kier molecular flexibility index (Phi) is 1.32. The number of aromatic nitrogens is 2. The summed E-state index contributed by atoms with van der Waals surface area (Å²) in [4.78, 5) is 0. The number of aryl methyl sites for hydroxylation is 1. The molecule has 3 nitrogen and oxygen atoms in total. The van der Waals surface area contributed by atoms with Crippen LogP contribution in [0, 0.1) is 6.92 Å². The first-order valence-electron chi connectivity index (χ1n) is 3.16. The molecule has 1 aromatic carbocycles. The highest BCUT2D eigenvalue weighted by Gasteiger charge is 2.04. The van der Waals surface area contributed by atoms with Crippen molar-refractivity contribution in [1.29, 1.82) is 0 Å². The van der Waals surface area contributed by atoms with E-state index < -0.39 is 0 Å². The summed E-state index contributed by atoms with van der Waals surface area (Å²) < 4.78 is 4.52. The van der Waals surface area contributed by atoms with Gasteiger partial charge in [0.1, 0.15) is 5.52 Å². The summed E-state index contributed by atoms with van der Waals surface area (Å²) in [5.41, 5.74) is 2.38. The van der Waals surface area contributed by atoms with E-state index in [4.69, 9.17) is 11.6 Å². The molecular weight excluding hydrogens is 164 g/mol. The number of hydrogen-bond donors (Lipinski definition) is 0. The van der Waals surface area contributed by atoms with Crippen molar-refractivity contribution in [3.63, 3.8) is 0 Å². The van der Waals surface area contributed by atoms with E-state index in [-0.39, 0.29) is 0 Å². The van der Waals surface area contributed by atoms with Gasteiger partial charge in [-0.1, -0.05) is 11.6 Å². The molecule has 0 spiro atoms. The molecule has 0 atom stereocenters. The summed E-state index contributed by atoms with van der Waals surface area (Å²) in [6, 6.07) is 3.70. The maximum Gasteiger partial charge on any atom is 0.153 e. The number of nitrogens with zero attached hydrogens (tertiary/aromatic N) is 2. The van der Waals surface area contributed by atoms with E-state index in [2.05, 4.69) is 14.9 Å². The molecule has 2 aromatic rings. The number of benzene rings is 1. The second-order valence-electron chi connectivity index (χ2n) is 2.38. The lowest BCUT2D eigenvalue weighted by Crippen LogP contribution is -1.75. The van der Waals surface area contributed by atoms with Gasteiger partial charge in [-0.15, -0.1) is 0 Å². The first kappa shape index (κ1) is 6.61. The minimum Gasteiger partial charge on any atom is -0.243 e. The predicted molar refractivity (Wildman–Crippen MR) is 41.6 cm³/mol. The zero-order valence-electron chi connectivity index (χ0n) is 5.84. The van der Waals surface area contributed by atoms with Crippen LogP contribution >= 0.6 is 11.6 Å². The summed E-state index contributed by atoms with van der Waals surface area (Å²) in [6.45, 7) is 1.94. The lowest BCUT2D eigenvalue weighted by atomic mass is 10.2. The fraction of sp³-hybridized carbons (Fsp3) is 0.143. The minimum absolute atomic E-state index is 0.584. The molecule has 0 aliphatic rings. The monoisotopic (exact) mass is 168 g/mol. The Bertz CT molecular complexity index is 396. The van der Waals surface area contributed by atoms with Crippen molar-refractivity contribution in [3.8, 4) is 0 Å². The highest BCUT2D eigenvalue weighted by molar-refractivity contribution is 6.34. The summed E-state index contributed by atoms with van der Waals surface area (Å²) in [5.74, 6) is 0. The molecule has 0 aliphatic heterocycles. The zero-order valence-corrected chi connectivity index (χ0v) is 6.59. The van der Waals surface area contributed by atoms with Crippen LogP contribution in [-0.2, 0) is 0 Å². The van der Waals surface area contributed by atoms with Crippen LogP contribution in [0.15, 0.2) is 16.8 Å². The van der Waals surface area contributed by atoms with Crippen LogP contribution in [-0.4, -0.2) is 10.3 Å². The van der Waals surface area contributed by atoms with Crippen molar-refractivity contribution in [2.75, 3.05) is 0 Å². The molecule has 0 saturated carbocycles. The Hall–Kier alpha value is -1.09. The molecule has 0 unspecified atom stereocenters. The average Bonchev–Trinajstić information content (AvgIpc) is 2.34.